The number of carbonyl (C=O) groups is 3. The van der Waals surface area contributed by atoms with Crippen LogP contribution in [0.2, 0.25) is 0 Å². The van der Waals surface area contributed by atoms with Crippen molar-refractivity contribution in [2.75, 3.05) is 20.2 Å². The molecule has 7 heteroatoms. The Morgan fingerprint density at radius 1 is 1.33 bits per heavy atom. The Kier molecular flexibility index (Phi) is 6.77. The molecular weight excluding hydrogens is 240 g/mol. The van der Waals surface area contributed by atoms with Gasteiger partial charge in [-0.2, -0.15) is 0 Å². The fourth-order valence-electron chi connectivity index (χ4n) is 1.28. The monoisotopic (exact) mass is 260 g/mol. The van der Waals surface area contributed by atoms with Gasteiger partial charge in [0.1, 0.15) is 6.04 Å². The number of carbonyl (C=O) groups excluding carboxylic acids is 2. The van der Waals surface area contributed by atoms with Crippen LogP contribution in [-0.2, 0) is 14.3 Å². The number of hydrogen-bond donors (Lipinski definition) is 2. The lowest BCUT2D eigenvalue weighted by Crippen LogP contribution is -2.48. The second kappa shape index (κ2) is 7.52. The molecule has 2 N–H and O–H groups in total. The third kappa shape index (κ3) is 5.03. The molecular formula is C11H20N2O5. The summed E-state index contributed by atoms with van der Waals surface area (Å²) in [5.41, 5.74) is 0. The first-order valence-electron chi connectivity index (χ1n) is 5.69. The zero-order valence-corrected chi connectivity index (χ0v) is 11.1. The first kappa shape index (κ1) is 16.2. The smallest absolute Gasteiger partial charge is 0.328 e. The Labute approximate surface area is 106 Å². The molecule has 0 aliphatic heterocycles. The SMILES string of the molecule is CCN(CC(C)C(=O)O)C(=O)NC(C)C(=O)OC. The number of aliphatic carboxylic acids is 1. The Balaban J connectivity index is 4.44. The van der Waals surface area contributed by atoms with Crippen molar-refractivity contribution in [3.63, 3.8) is 0 Å². The molecule has 0 heterocycles. The van der Waals surface area contributed by atoms with Crippen LogP contribution in [0.3, 0.4) is 0 Å². The minimum atomic E-state index is -0.970. The zero-order valence-electron chi connectivity index (χ0n) is 11.1. The average Bonchev–Trinajstić information content (AvgIpc) is 2.33. The van der Waals surface area contributed by atoms with Crippen molar-refractivity contribution < 1.29 is 24.2 Å². The molecule has 0 radical (unpaired) electrons. The van der Waals surface area contributed by atoms with E-state index in [1.165, 1.54) is 25.9 Å². The second-order valence-electron chi connectivity index (χ2n) is 3.97. The van der Waals surface area contributed by atoms with Crippen molar-refractivity contribution in [1.29, 1.82) is 0 Å². The molecule has 0 aliphatic carbocycles. The van der Waals surface area contributed by atoms with Crippen LogP contribution >= 0.6 is 0 Å². The van der Waals surface area contributed by atoms with Gasteiger partial charge in [0.25, 0.3) is 0 Å². The van der Waals surface area contributed by atoms with E-state index in [-0.39, 0.29) is 6.54 Å². The van der Waals surface area contributed by atoms with Gasteiger partial charge in [-0.15, -0.1) is 0 Å². The van der Waals surface area contributed by atoms with Crippen LogP contribution in [0.4, 0.5) is 4.79 Å². The van der Waals surface area contributed by atoms with Gasteiger partial charge < -0.3 is 20.1 Å². The van der Waals surface area contributed by atoms with E-state index in [9.17, 15) is 14.4 Å². The molecule has 0 aromatic rings. The van der Waals surface area contributed by atoms with Gasteiger partial charge >= 0.3 is 18.0 Å². The van der Waals surface area contributed by atoms with Crippen molar-refractivity contribution in [3.05, 3.63) is 0 Å². The zero-order chi connectivity index (χ0) is 14.3. The van der Waals surface area contributed by atoms with Gasteiger partial charge in [-0.1, -0.05) is 6.92 Å². The number of ether oxygens (including phenoxy) is 1. The largest absolute Gasteiger partial charge is 0.481 e. The quantitative estimate of drug-likeness (QED) is 0.670. The molecule has 0 aromatic heterocycles. The first-order chi connectivity index (χ1) is 8.33. The molecule has 0 aromatic carbocycles. The number of urea groups is 1. The summed E-state index contributed by atoms with van der Waals surface area (Å²) in [7, 11) is 1.23. The molecule has 7 nitrogen and oxygen atoms in total. The van der Waals surface area contributed by atoms with Crippen molar-refractivity contribution in [2.24, 2.45) is 5.92 Å². The molecule has 2 atom stereocenters. The van der Waals surface area contributed by atoms with Crippen molar-refractivity contribution in [3.8, 4) is 0 Å². The van der Waals surface area contributed by atoms with Crippen molar-refractivity contribution >= 4 is 18.0 Å². The topological polar surface area (TPSA) is 95.9 Å². The van der Waals surface area contributed by atoms with Gasteiger partial charge in [0.15, 0.2) is 0 Å². The summed E-state index contributed by atoms with van der Waals surface area (Å²) in [6, 6.07) is -1.25. The van der Waals surface area contributed by atoms with Crippen molar-refractivity contribution in [1.82, 2.24) is 10.2 Å². The van der Waals surface area contributed by atoms with E-state index in [1.54, 1.807) is 6.92 Å². The summed E-state index contributed by atoms with van der Waals surface area (Å²) < 4.78 is 4.48. The highest BCUT2D eigenvalue weighted by Gasteiger charge is 2.22. The maximum Gasteiger partial charge on any atom is 0.328 e. The van der Waals surface area contributed by atoms with E-state index >= 15 is 0 Å². The van der Waals surface area contributed by atoms with E-state index in [0.29, 0.717) is 6.54 Å². The molecule has 18 heavy (non-hydrogen) atoms. The van der Waals surface area contributed by atoms with Gasteiger partial charge in [-0.05, 0) is 13.8 Å². The minimum absolute atomic E-state index is 0.0888. The number of methoxy groups -OCH3 is 1. The molecule has 0 saturated carbocycles. The Hall–Kier alpha value is -1.79. The van der Waals surface area contributed by atoms with Crippen LogP contribution in [-0.4, -0.2) is 54.2 Å². The summed E-state index contributed by atoms with van der Waals surface area (Å²) in [5, 5.41) is 11.2. The summed E-state index contributed by atoms with van der Waals surface area (Å²) in [4.78, 5) is 35.0. The van der Waals surface area contributed by atoms with Crippen LogP contribution in [0, 0.1) is 5.92 Å². The third-order valence-corrected chi connectivity index (χ3v) is 2.48. The maximum absolute atomic E-state index is 11.8. The normalized spacial score (nSPS) is 13.3. The molecule has 2 amide bonds. The number of nitrogens with one attached hydrogen (secondary N) is 1. The predicted molar refractivity (Wildman–Crippen MR) is 64.1 cm³/mol. The fraction of sp³-hybridized carbons (Fsp3) is 0.727. The predicted octanol–water partition coefficient (Wildman–Crippen LogP) is 0.300. The van der Waals surface area contributed by atoms with Crippen LogP contribution in [0.15, 0.2) is 0 Å². The highest BCUT2D eigenvalue weighted by atomic mass is 16.5. The summed E-state index contributed by atoms with van der Waals surface area (Å²) in [5.74, 6) is -2.18. The Morgan fingerprint density at radius 3 is 2.28 bits per heavy atom. The van der Waals surface area contributed by atoms with E-state index in [0.717, 1.165) is 0 Å². The minimum Gasteiger partial charge on any atom is -0.481 e. The molecule has 0 fully saturated rings. The van der Waals surface area contributed by atoms with Gasteiger partial charge in [-0.25, -0.2) is 9.59 Å². The highest BCUT2D eigenvalue weighted by Crippen LogP contribution is 2.01. The number of carboxylic acid groups (broad SMARTS) is 1. The Bertz CT molecular complexity index is 319. The number of carboxylic acids is 1. The lowest BCUT2D eigenvalue weighted by Gasteiger charge is -2.24. The molecule has 0 spiro atoms. The standard InChI is InChI=1S/C11H20N2O5/c1-5-13(6-7(2)9(14)15)11(17)12-8(3)10(16)18-4/h7-8H,5-6H2,1-4H3,(H,12,17)(H,14,15). The van der Waals surface area contributed by atoms with Crippen LogP contribution < -0.4 is 5.32 Å². The third-order valence-electron chi connectivity index (χ3n) is 2.48. The first-order valence-corrected chi connectivity index (χ1v) is 5.69. The van der Waals surface area contributed by atoms with E-state index < -0.39 is 29.9 Å². The van der Waals surface area contributed by atoms with E-state index in [2.05, 4.69) is 10.1 Å². The van der Waals surface area contributed by atoms with Crippen LogP contribution in [0.25, 0.3) is 0 Å². The van der Waals surface area contributed by atoms with Gasteiger partial charge in [0.2, 0.25) is 0 Å². The van der Waals surface area contributed by atoms with Gasteiger partial charge in [-0.3, -0.25) is 4.79 Å². The molecule has 0 rings (SSSR count). The van der Waals surface area contributed by atoms with Gasteiger partial charge in [0.05, 0.1) is 13.0 Å². The molecule has 0 saturated heterocycles. The summed E-state index contributed by atoms with van der Waals surface area (Å²) >= 11 is 0. The van der Waals surface area contributed by atoms with E-state index in [4.69, 9.17) is 5.11 Å². The summed E-state index contributed by atoms with van der Waals surface area (Å²) in [6.45, 7) is 5.19. The lowest BCUT2D eigenvalue weighted by molar-refractivity contribution is -0.143. The van der Waals surface area contributed by atoms with Crippen LogP contribution in [0.1, 0.15) is 20.8 Å². The second-order valence-corrected chi connectivity index (χ2v) is 3.97. The van der Waals surface area contributed by atoms with Crippen molar-refractivity contribution in [2.45, 2.75) is 26.8 Å². The number of hydrogen-bond acceptors (Lipinski definition) is 4. The Morgan fingerprint density at radius 2 is 1.89 bits per heavy atom. The number of esters is 1. The molecule has 104 valence electrons. The fourth-order valence-corrected chi connectivity index (χ4v) is 1.28. The molecule has 0 bridgehead atoms. The summed E-state index contributed by atoms with van der Waals surface area (Å²) in [6.07, 6.45) is 0. The van der Waals surface area contributed by atoms with Crippen LogP contribution in [0.5, 0.6) is 0 Å². The lowest BCUT2D eigenvalue weighted by atomic mass is 10.2. The average molecular weight is 260 g/mol. The van der Waals surface area contributed by atoms with E-state index in [1.807, 2.05) is 0 Å². The van der Waals surface area contributed by atoms with Gasteiger partial charge in [0, 0.05) is 13.1 Å². The number of nitrogens with zero attached hydrogens (tertiary/aromatic N) is 1. The molecule has 2 unspecified atom stereocenters. The highest BCUT2D eigenvalue weighted by molar-refractivity contribution is 5.83. The molecule has 0 aliphatic rings. The maximum atomic E-state index is 11.8. The number of amides is 2. The number of rotatable bonds is 6.